The fourth-order valence-corrected chi connectivity index (χ4v) is 3.15. The van der Waals surface area contributed by atoms with Gasteiger partial charge in [0.1, 0.15) is 0 Å². The molecule has 1 atom stereocenters. The van der Waals surface area contributed by atoms with Crippen molar-refractivity contribution < 1.29 is 14.4 Å². The van der Waals surface area contributed by atoms with E-state index in [1.165, 1.54) is 12.8 Å². The van der Waals surface area contributed by atoms with Crippen LogP contribution in [-0.2, 0) is 9.59 Å². The molecule has 2 aliphatic heterocycles. The van der Waals surface area contributed by atoms with Crippen LogP contribution in [0.25, 0.3) is 0 Å². The molecule has 132 valence electrons. The quantitative estimate of drug-likeness (QED) is 0.815. The smallest absolute Gasteiger partial charge is 0.322 e. The van der Waals surface area contributed by atoms with E-state index in [0.717, 1.165) is 30.8 Å². The van der Waals surface area contributed by atoms with E-state index in [9.17, 15) is 14.4 Å². The summed E-state index contributed by atoms with van der Waals surface area (Å²) in [5.41, 5.74) is 3.81. The number of hydrazine groups is 1. The zero-order valence-electron chi connectivity index (χ0n) is 14.0. The van der Waals surface area contributed by atoms with E-state index in [-0.39, 0.29) is 5.70 Å². The van der Waals surface area contributed by atoms with Gasteiger partial charge in [0.2, 0.25) is 5.91 Å². The van der Waals surface area contributed by atoms with Gasteiger partial charge in [-0.25, -0.2) is 14.7 Å². The van der Waals surface area contributed by atoms with Crippen molar-refractivity contribution in [2.75, 3.05) is 18.0 Å². The first kappa shape index (κ1) is 17.2. The van der Waals surface area contributed by atoms with E-state index in [4.69, 9.17) is 0 Å². The highest BCUT2D eigenvalue weighted by Crippen LogP contribution is 2.23. The van der Waals surface area contributed by atoms with Gasteiger partial charge >= 0.3 is 6.03 Å². The minimum absolute atomic E-state index is 0.290. The lowest BCUT2D eigenvalue weighted by Gasteiger charge is -2.33. The number of urea groups is 1. The molecule has 2 aliphatic rings. The van der Waals surface area contributed by atoms with Crippen LogP contribution in [0.3, 0.4) is 0 Å². The predicted octanol–water partition coefficient (Wildman–Crippen LogP) is 1.78. The van der Waals surface area contributed by atoms with Crippen LogP contribution >= 0.6 is 0 Å². The van der Waals surface area contributed by atoms with Crippen molar-refractivity contribution in [2.45, 2.75) is 25.7 Å². The summed E-state index contributed by atoms with van der Waals surface area (Å²) in [6.45, 7) is 5.56. The van der Waals surface area contributed by atoms with Crippen molar-refractivity contribution in [3.8, 4) is 0 Å². The third-order valence-electron chi connectivity index (χ3n) is 4.43. The van der Waals surface area contributed by atoms with Crippen molar-refractivity contribution >= 4 is 23.5 Å². The number of imide groups is 2. The standard InChI is InChI=1S/C18H22N4O3/c1-13(20-21-11-7-2-3-8-12-21)15-16(23)19-18(25)22(17(15)24)14-9-5-4-6-10-14/h4-6,9-10,15,20H,1-3,7-8,11-12H2,(H,19,23,25)/t15-/m0/s1. The summed E-state index contributed by atoms with van der Waals surface area (Å²) in [6, 6.07) is 7.81. The maximum absolute atomic E-state index is 12.8. The Bertz CT molecular complexity index is 681. The summed E-state index contributed by atoms with van der Waals surface area (Å²) >= 11 is 0. The molecule has 7 heteroatoms. The lowest BCUT2D eigenvalue weighted by Crippen LogP contribution is -2.60. The third-order valence-corrected chi connectivity index (χ3v) is 4.43. The fraction of sp³-hybridized carbons (Fsp3) is 0.389. The van der Waals surface area contributed by atoms with E-state index in [2.05, 4.69) is 17.3 Å². The SMILES string of the molecule is C=C(NN1CCCCCC1)[C@H]1C(=O)NC(=O)N(c2ccccc2)C1=O. The van der Waals surface area contributed by atoms with Gasteiger partial charge in [-0.1, -0.05) is 37.6 Å². The van der Waals surface area contributed by atoms with Crippen LogP contribution in [0.2, 0.25) is 0 Å². The molecule has 0 aliphatic carbocycles. The second-order valence-electron chi connectivity index (χ2n) is 6.27. The van der Waals surface area contributed by atoms with E-state index in [0.29, 0.717) is 5.69 Å². The maximum atomic E-state index is 12.8. The normalized spacial score (nSPS) is 22.3. The summed E-state index contributed by atoms with van der Waals surface area (Å²) in [6.07, 6.45) is 4.45. The molecule has 7 nitrogen and oxygen atoms in total. The van der Waals surface area contributed by atoms with Crippen LogP contribution in [0, 0.1) is 5.92 Å². The maximum Gasteiger partial charge on any atom is 0.335 e. The Balaban J connectivity index is 1.77. The molecule has 0 saturated carbocycles. The van der Waals surface area contributed by atoms with Crippen LogP contribution in [-0.4, -0.2) is 35.9 Å². The van der Waals surface area contributed by atoms with Gasteiger partial charge in [0.15, 0.2) is 5.92 Å². The molecule has 2 N–H and O–H groups in total. The molecular weight excluding hydrogens is 320 g/mol. The van der Waals surface area contributed by atoms with Crippen LogP contribution in [0.15, 0.2) is 42.6 Å². The van der Waals surface area contributed by atoms with Crippen LogP contribution < -0.4 is 15.6 Å². The van der Waals surface area contributed by atoms with Crippen molar-refractivity contribution in [3.05, 3.63) is 42.6 Å². The molecular formula is C18H22N4O3. The molecule has 4 amide bonds. The molecule has 0 unspecified atom stereocenters. The summed E-state index contributed by atoms with van der Waals surface area (Å²) in [5, 5.41) is 4.23. The summed E-state index contributed by atoms with van der Waals surface area (Å²) < 4.78 is 0. The molecule has 1 aromatic rings. The number of hydrogen-bond donors (Lipinski definition) is 2. The van der Waals surface area contributed by atoms with Crippen molar-refractivity contribution in [1.29, 1.82) is 0 Å². The number of anilines is 1. The molecule has 25 heavy (non-hydrogen) atoms. The largest absolute Gasteiger partial charge is 0.335 e. The molecule has 2 saturated heterocycles. The highest BCUT2D eigenvalue weighted by Gasteiger charge is 2.43. The van der Waals surface area contributed by atoms with Crippen LogP contribution in [0.1, 0.15) is 25.7 Å². The molecule has 0 aromatic heterocycles. The fourth-order valence-electron chi connectivity index (χ4n) is 3.15. The number of rotatable bonds is 4. The van der Waals surface area contributed by atoms with E-state index >= 15 is 0 Å². The molecule has 0 bridgehead atoms. The highest BCUT2D eigenvalue weighted by molar-refractivity contribution is 6.28. The van der Waals surface area contributed by atoms with Crippen LogP contribution in [0.5, 0.6) is 0 Å². The zero-order chi connectivity index (χ0) is 17.8. The van der Waals surface area contributed by atoms with Gasteiger partial charge in [-0.05, 0) is 25.0 Å². The van der Waals surface area contributed by atoms with Gasteiger partial charge in [0.05, 0.1) is 5.69 Å². The van der Waals surface area contributed by atoms with Gasteiger partial charge in [0.25, 0.3) is 5.91 Å². The number of hydrogen-bond acceptors (Lipinski definition) is 5. The van der Waals surface area contributed by atoms with E-state index < -0.39 is 23.8 Å². The highest BCUT2D eigenvalue weighted by atomic mass is 16.2. The van der Waals surface area contributed by atoms with Gasteiger partial charge in [0, 0.05) is 18.8 Å². The lowest BCUT2D eigenvalue weighted by atomic mass is 10.0. The third kappa shape index (κ3) is 3.71. The number of carbonyl (C=O) groups is 3. The first-order chi connectivity index (χ1) is 12.1. The van der Waals surface area contributed by atoms with E-state index in [1.807, 2.05) is 5.01 Å². The summed E-state index contributed by atoms with van der Waals surface area (Å²) in [4.78, 5) is 38.2. The average molecular weight is 342 g/mol. The Morgan fingerprint density at radius 2 is 1.68 bits per heavy atom. The molecule has 0 radical (unpaired) electrons. The van der Waals surface area contributed by atoms with Gasteiger partial charge < -0.3 is 5.43 Å². The lowest BCUT2D eigenvalue weighted by molar-refractivity contribution is -0.133. The topological polar surface area (TPSA) is 81.8 Å². The first-order valence-electron chi connectivity index (χ1n) is 8.52. The average Bonchev–Trinajstić information content (AvgIpc) is 2.84. The predicted molar refractivity (Wildman–Crippen MR) is 93.3 cm³/mol. The number of para-hydroxylation sites is 1. The number of carbonyl (C=O) groups excluding carboxylic acids is 3. The number of barbiturate groups is 1. The van der Waals surface area contributed by atoms with Gasteiger partial charge in [-0.15, -0.1) is 0 Å². The number of benzene rings is 1. The molecule has 2 heterocycles. The summed E-state index contributed by atoms with van der Waals surface area (Å²) in [7, 11) is 0. The molecule has 0 spiro atoms. The van der Waals surface area contributed by atoms with Crippen molar-refractivity contribution in [3.63, 3.8) is 0 Å². The molecule has 2 fully saturated rings. The minimum Gasteiger partial charge on any atom is -0.322 e. The van der Waals surface area contributed by atoms with Crippen molar-refractivity contribution in [2.24, 2.45) is 5.92 Å². The second-order valence-corrected chi connectivity index (χ2v) is 6.27. The Morgan fingerprint density at radius 3 is 2.32 bits per heavy atom. The second kappa shape index (κ2) is 7.48. The minimum atomic E-state index is -1.14. The van der Waals surface area contributed by atoms with Crippen LogP contribution in [0.4, 0.5) is 10.5 Å². The first-order valence-corrected chi connectivity index (χ1v) is 8.52. The van der Waals surface area contributed by atoms with Gasteiger partial charge in [-0.2, -0.15) is 0 Å². The molecule has 1 aromatic carbocycles. The Labute approximate surface area is 146 Å². The number of nitrogens with zero attached hydrogens (tertiary/aromatic N) is 2. The Morgan fingerprint density at radius 1 is 1.04 bits per heavy atom. The Hall–Kier alpha value is -2.67. The summed E-state index contributed by atoms with van der Waals surface area (Å²) in [5.74, 6) is -2.37. The van der Waals surface area contributed by atoms with Crippen molar-refractivity contribution in [1.82, 2.24) is 15.8 Å². The van der Waals surface area contributed by atoms with Gasteiger partial charge in [-0.3, -0.25) is 14.9 Å². The Kier molecular flexibility index (Phi) is 5.14. The zero-order valence-corrected chi connectivity index (χ0v) is 14.0. The number of nitrogens with one attached hydrogen (secondary N) is 2. The monoisotopic (exact) mass is 342 g/mol. The van der Waals surface area contributed by atoms with E-state index in [1.54, 1.807) is 30.3 Å². The molecule has 3 rings (SSSR count). The number of amides is 4.